The van der Waals surface area contributed by atoms with Gasteiger partial charge in [-0.25, -0.2) is 4.39 Å². The molecule has 17 heavy (non-hydrogen) atoms. The minimum absolute atomic E-state index is 0.102. The van der Waals surface area contributed by atoms with E-state index in [1.807, 2.05) is 24.3 Å². The van der Waals surface area contributed by atoms with Crippen LogP contribution >= 0.6 is 27.5 Å². The topological polar surface area (TPSA) is 9.23 Å². The maximum Gasteiger partial charge on any atom is 0.155 e. The Kier molecular flexibility index (Phi) is 3.69. The quantitative estimate of drug-likeness (QED) is 0.715. The van der Waals surface area contributed by atoms with Crippen molar-refractivity contribution in [3.8, 4) is 16.9 Å². The molecule has 0 N–H and O–H groups in total. The van der Waals surface area contributed by atoms with Gasteiger partial charge in [-0.3, -0.25) is 0 Å². The van der Waals surface area contributed by atoms with Crippen molar-refractivity contribution in [3.63, 3.8) is 0 Å². The summed E-state index contributed by atoms with van der Waals surface area (Å²) in [5.74, 6) is 0.338. The van der Waals surface area contributed by atoms with Crippen molar-refractivity contribution in [1.29, 1.82) is 0 Å². The molecule has 0 aliphatic heterocycles. The van der Waals surface area contributed by atoms with Crippen LogP contribution in [-0.2, 0) is 0 Å². The first-order valence-corrected chi connectivity index (χ1v) is 6.08. The lowest BCUT2D eigenvalue weighted by Gasteiger charge is -2.06. The molecule has 2 aromatic rings. The molecule has 1 nitrogen and oxygen atoms in total. The fourth-order valence-electron chi connectivity index (χ4n) is 1.51. The second kappa shape index (κ2) is 5.07. The van der Waals surface area contributed by atoms with Gasteiger partial charge in [-0.05, 0) is 51.3 Å². The van der Waals surface area contributed by atoms with Crippen molar-refractivity contribution in [2.75, 3.05) is 7.11 Å². The SMILES string of the molecule is COc1ccc(-c2cc(Cl)c(F)c(Br)c2)cc1. The molecule has 0 spiro atoms. The predicted octanol–water partition coefficient (Wildman–Crippen LogP) is 4.92. The maximum absolute atomic E-state index is 13.3. The first-order valence-electron chi connectivity index (χ1n) is 4.91. The summed E-state index contributed by atoms with van der Waals surface area (Å²) in [6.45, 7) is 0. The zero-order valence-corrected chi connectivity index (χ0v) is 11.3. The third kappa shape index (κ3) is 2.61. The number of rotatable bonds is 2. The molecule has 2 aromatic carbocycles. The lowest BCUT2D eigenvalue weighted by Crippen LogP contribution is -1.85. The van der Waals surface area contributed by atoms with Crippen molar-refractivity contribution in [2.45, 2.75) is 0 Å². The lowest BCUT2D eigenvalue weighted by molar-refractivity contribution is 0.415. The average Bonchev–Trinajstić information content (AvgIpc) is 2.35. The molecular formula is C13H9BrClFO. The fraction of sp³-hybridized carbons (Fsp3) is 0.0769. The van der Waals surface area contributed by atoms with E-state index in [1.165, 1.54) is 0 Å². The first-order chi connectivity index (χ1) is 8.11. The van der Waals surface area contributed by atoms with Gasteiger partial charge in [-0.15, -0.1) is 0 Å². The Bertz CT molecular complexity index is 517. The van der Waals surface area contributed by atoms with Crippen LogP contribution in [0.5, 0.6) is 5.75 Å². The van der Waals surface area contributed by atoms with E-state index in [0.29, 0.717) is 4.47 Å². The molecule has 2 rings (SSSR count). The number of halogens is 3. The van der Waals surface area contributed by atoms with Gasteiger partial charge in [0.2, 0.25) is 0 Å². The summed E-state index contributed by atoms with van der Waals surface area (Å²) in [6.07, 6.45) is 0. The van der Waals surface area contributed by atoms with Crippen molar-refractivity contribution in [3.05, 3.63) is 51.7 Å². The molecule has 0 atom stereocenters. The molecule has 0 aliphatic carbocycles. The molecule has 0 heterocycles. The van der Waals surface area contributed by atoms with Gasteiger partial charge in [0.15, 0.2) is 5.82 Å². The Labute approximate surface area is 112 Å². The number of ether oxygens (including phenoxy) is 1. The van der Waals surface area contributed by atoms with E-state index in [9.17, 15) is 4.39 Å². The Morgan fingerprint density at radius 3 is 2.29 bits per heavy atom. The van der Waals surface area contributed by atoms with Gasteiger partial charge in [0.1, 0.15) is 5.75 Å². The van der Waals surface area contributed by atoms with Gasteiger partial charge in [0.25, 0.3) is 0 Å². The summed E-state index contributed by atoms with van der Waals surface area (Å²) in [4.78, 5) is 0. The van der Waals surface area contributed by atoms with Crippen molar-refractivity contribution in [2.24, 2.45) is 0 Å². The van der Waals surface area contributed by atoms with Crippen molar-refractivity contribution in [1.82, 2.24) is 0 Å². The van der Waals surface area contributed by atoms with Crippen LogP contribution in [0.15, 0.2) is 40.9 Å². The van der Waals surface area contributed by atoms with Crippen LogP contribution in [0.2, 0.25) is 5.02 Å². The van der Waals surface area contributed by atoms with Gasteiger partial charge < -0.3 is 4.74 Å². The molecule has 0 saturated carbocycles. The summed E-state index contributed by atoms with van der Waals surface area (Å²) in [7, 11) is 1.61. The molecule has 0 aromatic heterocycles. The van der Waals surface area contributed by atoms with Crippen LogP contribution in [0.4, 0.5) is 4.39 Å². The summed E-state index contributed by atoms with van der Waals surface area (Å²) in [5, 5.41) is 0.102. The number of hydrogen-bond donors (Lipinski definition) is 0. The van der Waals surface area contributed by atoms with E-state index >= 15 is 0 Å². The highest BCUT2D eigenvalue weighted by molar-refractivity contribution is 9.10. The largest absolute Gasteiger partial charge is 0.497 e. The van der Waals surface area contributed by atoms with Gasteiger partial charge in [-0.2, -0.15) is 0 Å². The predicted molar refractivity (Wildman–Crippen MR) is 71.1 cm³/mol. The summed E-state index contributed by atoms with van der Waals surface area (Å²) in [6, 6.07) is 10.8. The van der Waals surface area contributed by atoms with Crippen LogP contribution in [-0.4, -0.2) is 7.11 Å². The third-order valence-corrected chi connectivity index (χ3v) is 3.26. The normalized spacial score (nSPS) is 10.4. The molecule has 0 saturated heterocycles. The first kappa shape index (κ1) is 12.4. The Hall–Kier alpha value is -1.06. The van der Waals surface area contributed by atoms with Crippen LogP contribution in [0, 0.1) is 5.82 Å². The van der Waals surface area contributed by atoms with E-state index in [-0.39, 0.29) is 5.02 Å². The number of methoxy groups -OCH3 is 1. The zero-order chi connectivity index (χ0) is 12.4. The molecule has 0 aliphatic rings. The smallest absolute Gasteiger partial charge is 0.155 e. The van der Waals surface area contributed by atoms with Gasteiger partial charge in [-0.1, -0.05) is 23.7 Å². The Morgan fingerprint density at radius 1 is 1.12 bits per heavy atom. The van der Waals surface area contributed by atoms with E-state index in [0.717, 1.165) is 16.9 Å². The van der Waals surface area contributed by atoms with E-state index in [2.05, 4.69) is 15.9 Å². The van der Waals surface area contributed by atoms with Crippen LogP contribution < -0.4 is 4.74 Å². The molecule has 88 valence electrons. The molecular weight excluding hydrogens is 306 g/mol. The minimum atomic E-state index is -0.441. The molecule has 0 fully saturated rings. The fourth-order valence-corrected chi connectivity index (χ4v) is 2.30. The highest BCUT2D eigenvalue weighted by Crippen LogP contribution is 2.31. The van der Waals surface area contributed by atoms with Crippen molar-refractivity contribution < 1.29 is 9.13 Å². The molecule has 0 radical (unpaired) electrons. The van der Waals surface area contributed by atoms with Crippen molar-refractivity contribution >= 4 is 27.5 Å². The summed E-state index contributed by atoms with van der Waals surface area (Å²) in [5.41, 5.74) is 1.80. The summed E-state index contributed by atoms with van der Waals surface area (Å²) < 4.78 is 18.8. The van der Waals surface area contributed by atoms with Gasteiger partial charge in [0.05, 0.1) is 16.6 Å². The van der Waals surface area contributed by atoms with Crippen LogP contribution in [0.3, 0.4) is 0 Å². The molecule has 4 heteroatoms. The highest BCUT2D eigenvalue weighted by atomic mass is 79.9. The Balaban J connectivity index is 2.45. The Morgan fingerprint density at radius 2 is 1.76 bits per heavy atom. The maximum atomic E-state index is 13.3. The minimum Gasteiger partial charge on any atom is -0.497 e. The second-order valence-corrected chi connectivity index (χ2v) is 4.74. The standard InChI is InChI=1S/C13H9BrClFO/c1-17-10-4-2-8(3-5-10)9-6-11(14)13(16)12(15)7-9/h2-7H,1H3. The lowest BCUT2D eigenvalue weighted by atomic mass is 10.1. The highest BCUT2D eigenvalue weighted by Gasteiger charge is 2.08. The second-order valence-electron chi connectivity index (χ2n) is 3.48. The van der Waals surface area contributed by atoms with Crippen LogP contribution in [0.25, 0.3) is 11.1 Å². The van der Waals surface area contributed by atoms with Gasteiger partial charge >= 0.3 is 0 Å². The molecule has 0 bridgehead atoms. The van der Waals surface area contributed by atoms with E-state index in [4.69, 9.17) is 16.3 Å². The summed E-state index contributed by atoms with van der Waals surface area (Å²) >= 11 is 8.94. The van der Waals surface area contributed by atoms with E-state index < -0.39 is 5.82 Å². The zero-order valence-electron chi connectivity index (χ0n) is 9.01. The average molecular weight is 316 g/mol. The third-order valence-electron chi connectivity index (χ3n) is 2.41. The van der Waals surface area contributed by atoms with Crippen LogP contribution in [0.1, 0.15) is 0 Å². The monoisotopic (exact) mass is 314 g/mol. The molecule has 0 unspecified atom stereocenters. The van der Waals surface area contributed by atoms with Gasteiger partial charge in [0, 0.05) is 0 Å². The molecule has 0 amide bonds. The number of benzene rings is 2. The van der Waals surface area contributed by atoms with E-state index in [1.54, 1.807) is 19.2 Å². The number of hydrogen-bond acceptors (Lipinski definition) is 1.